The molecule has 2 nitrogen and oxygen atoms in total. The van der Waals surface area contributed by atoms with Crippen LogP contribution in [0, 0.1) is 12.7 Å². The van der Waals surface area contributed by atoms with Crippen LogP contribution in [0.15, 0.2) is 36.4 Å². The predicted octanol–water partition coefficient (Wildman–Crippen LogP) is 4.04. The Morgan fingerprint density at radius 2 is 2.00 bits per heavy atom. The van der Waals surface area contributed by atoms with Gasteiger partial charge in [0.15, 0.2) is 11.6 Å². The van der Waals surface area contributed by atoms with E-state index in [4.69, 9.17) is 22.1 Å². The molecule has 0 heterocycles. The van der Waals surface area contributed by atoms with Crippen LogP contribution in [-0.2, 0) is 6.54 Å². The summed E-state index contributed by atoms with van der Waals surface area (Å²) in [7, 11) is 0. The lowest BCUT2D eigenvalue weighted by molar-refractivity contribution is 0.437. The molecule has 0 bridgehead atoms. The van der Waals surface area contributed by atoms with E-state index in [1.54, 1.807) is 30.3 Å². The van der Waals surface area contributed by atoms with Crippen LogP contribution in [0.4, 0.5) is 4.39 Å². The van der Waals surface area contributed by atoms with Gasteiger partial charge in [-0.2, -0.15) is 0 Å². The largest absolute Gasteiger partial charge is 0.454 e. The van der Waals surface area contributed by atoms with Gasteiger partial charge in [-0.05, 0) is 36.8 Å². The summed E-state index contributed by atoms with van der Waals surface area (Å²) < 4.78 is 19.2. The molecule has 0 atom stereocenters. The minimum Gasteiger partial charge on any atom is -0.454 e. The lowest BCUT2D eigenvalue weighted by atomic mass is 10.2. The van der Waals surface area contributed by atoms with Crippen LogP contribution in [0.2, 0.25) is 5.02 Å². The standard InChI is InChI=1S/C14H13ClFNO/c1-9-5-6-12(16)14(7-9)18-13-4-2-3-11(15)10(13)8-17/h2-7H,8,17H2,1H3. The van der Waals surface area contributed by atoms with Crippen molar-refractivity contribution >= 4 is 11.6 Å². The van der Waals surface area contributed by atoms with Crippen molar-refractivity contribution in [2.24, 2.45) is 5.73 Å². The highest BCUT2D eigenvalue weighted by molar-refractivity contribution is 6.31. The van der Waals surface area contributed by atoms with Crippen molar-refractivity contribution < 1.29 is 9.13 Å². The molecule has 0 aliphatic heterocycles. The monoisotopic (exact) mass is 265 g/mol. The Bertz CT molecular complexity index is 572. The maximum atomic E-state index is 13.6. The Kier molecular flexibility index (Phi) is 3.84. The minimum atomic E-state index is -0.413. The number of halogens is 2. The number of benzene rings is 2. The summed E-state index contributed by atoms with van der Waals surface area (Å²) >= 11 is 6.01. The Morgan fingerprint density at radius 3 is 2.72 bits per heavy atom. The first-order valence-corrected chi connectivity index (χ1v) is 5.91. The molecule has 0 saturated carbocycles. The zero-order chi connectivity index (χ0) is 13.1. The van der Waals surface area contributed by atoms with Gasteiger partial charge in [-0.3, -0.25) is 0 Å². The Morgan fingerprint density at radius 1 is 1.22 bits per heavy atom. The molecule has 0 amide bonds. The van der Waals surface area contributed by atoms with Gasteiger partial charge in [0, 0.05) is 17.1 Å². The van der Waals surface area contributed by atoms with Crippen molar-refractivity contribution in [1.29, 1.82) is 0 Å². The third kappa shape index (κ3) is 2.63. The van der Waals surface area contributed by atoms with Gasteiger partial charge < -0.3 is 10.5 Å². The van der Waals surface area contributed by atoms with Crippen LogP contribution < -0.4 is 10.5 Å². The second-order valence-corrected chi connectivity index (χ2v) is 4.36. The average molecular weight is 266 g/mol. The topological polar surface area (TPSA) is 35.2 Å². The minimum absolute atomic E-state index is 0.173. The van der Waals surface area contributed by atoms with Gasteiger partial charge >= 0.3 is 0 Å². The first-order chi connectivity index (χ1) is 8.61. The maximum Gasteiger partial charge on any atom is 0.165 e. The van der Waals surface area contributed by atoms with Crippen LogP contribution in [0.1, 0.15) is 11.1 Å². The summed E-state index contributed by atoms with van der Waals surface area (Å²) in [6.45, 7) is 2.11. The number of hydrogen-bond acceptors (Lipinski definition) is 2. The zero-order valence-electron chi connectivity index (χ0n) is 9.91. The Labute approximate surface area is 110 Å². The van der Waals surface area contributed by atoms with Gasteiger partial charge in [0.25, 0.3) is 0 Å². The number of rotatable bonds is 3. The van der Waals surface area contributed by atoms with E-state index >= 15 is 0 Å². The van der Waals surface area contributed by atoms with Crippen LogP contribution in [0.25, 0.3) is 0 Å². The van der Waals surface area contributed by atoms with Crippen molar-refractivity contribution in [3.05, 3.63) is 58.4 Å². The SMILES string of the molecule is Cc1ccc(F)c(Oc2cccc(Cl)c2CN)c1. The third-order valence-electron chi connectivity index (χ3n) is 2.59. The molecule has 0 spiro atoms. The number of aryl methyl sites for hydroxylation is 1. The van der Waals surface area contributed by atoms with Crippen molar-refractivity contribution in [1.82, 2.24) is 0 Å². The molecule has 94 valence electrons. The van der Waals surface area contributed by atoms with Gasteiger partial charge in [-0.25, -0.2) is 4.39 Å². The second kappa shape index (κ2) is 5.38. The van der Waals surface area contributed by atoms with Crippen molar-refractivity contribution in [3.63, 3.8) is 0 Å². The number of nitrogens with two attached hydrogens (primary N) is 1. The van der Waals surface area contributed by atoms with Gasteiger partial charge in [0.05, 0.1) is 0 Å². The molecule has 2 rings (SSSR count). The normalized spacial score (nSPS) is 10.4. The van der Waals surface area contributed by atoms with Crippen molar-refractivity contribution in [3.8, 4) is 11.5 Å². The summed E-state index contributed by atoms with van der Waals surface area (Å²) in [5, 5.41) is 0.517. The van der Waals surface area contributed by atoms with Gasteiger partial charge in [-0.1, -0.05) is 23.7 Å². The molecule has 0 fully saturated rings. The van der Waals surface area contributed by atoms with Crippen LogP contribution >= 0.6 is 11.6 Å². The molecule has 0 saturated heterocycles. The van der Waals surface area contributed by atoms with Crippen LogP contribution in [0.3, 0.4) is 0 Å². The van der Waals surface area contributed by atoms with E-state index < -0.39 is 5.82 Å². The fraction of sp³-hybridized carbons (Fsp3) is 0.143. The first kappa shape index (κ1) is 12.9. The molecule has 4 heteroatoms. The van der Waals surface area contributed by atoms with E-state index in [-0.39, 0.29) is 12.3 Å². The first-order valence-electron chi connectivity index (χ1n) is 5.53. The molecule has 2 aromatic rings. The quantitative estimate of drug-likeness (QED) is 0.909. The summed E-state index contributed by atoms with van der Waals surface area (Å²) in [5.74, 6) is 0.241. The predicted molar refractivity (Wildman–Crippen MR) is 70.6 cm³/mol. The van der Waals surface area contributed by atoms with Crippen molar-refractivity contribution in [2.75, 3.05) is 0 Å². The van der Waals surface area contributed by atoms with Crippen LogP contribution in [-0.4, -0.2) is 0 Å². The molecule has 0 radical (unpaired) electrons. The molecule has 2 N–H and O–H groups in total. The number of hydrogen-bond donors (Lipinski definition) is 1. The third-order valence-corrected chi connectivity index (χ3v) is 2.94. The molecule has 0 aliphatic carbocycles. The average Bonchev–Trinajstić information content (AvgIpc) is 2.34. The Hall–Kier alpha value is -1.58. The van der Waals surface area contributed by atoms with E-state index in [0.29, 0.717) is 16.3 Å². The van der Waals surface area contributed by atoms with Gasteiger partial charge in [0.1, 0.15) is 5.75 Å². The highest BCUT2D eigenvalue weighted by Gasteiger charge is 2.10. The molecule has 18 heavy (non-hydrogen) atoms. The molecule has 0 aromatic heterocycles. The lowest BCUT2D eigenvalue weighted by Gasteiger charge is -2.12. The molecular weight excluding hydrogens is 253 g/mol. The van der Waals surface area contributed by atoms with Gasteiger partial charge in [0.2, 0.25) is 0 Å². The highest BCUT2D eigenvalue weighted by atomic mass is 35.5. The molecule has 0 aliphatic rings. The zero-order valence-corrected chi connectivity index (χ0v) is 10.7. The molecule has 0 unspecified atom stereocenters. The highest BCUT2D eigenvalue weighted by Crippen LogP contribution is 2.31. The van der Waals surface area contributed by atoms with E-state index in [0.717, 1.165) is 5.56 Å². The Balaban J connectivity index is 2.40. The molecular formula is C14H13ClFNO. The second-order valence-electron chi connectivity index (χ2n) is 3.96. The fourth-order valence-corrected chi connectivity index (χ4v) is 1.88. The van der Waals surface area contributed by atoms with E-state index in [1.807, 2.05) is 6.92 Å². The summed E-state index contributed by atoms with van der Waals surface area (Å²) in [5.41, 5.74) is 7.20. The number of ether oxygens (including phenoxy) is 1. The smallest absolute Gasteiger partial charge is 0.165 e. The van der Waals surface area contributed by atoms with E-state index in [1.165, 1.54) is 6.07 Å². The van der Waals surface area contributed by atoms with E-state index in [2.05, 4.69) is 0 Å². The summed E-state index contributed by atoms with van der Waals surface area (Å²) in [6, 6.07) is 9.88. The van der Waals surface area contributed by atoms with Crippen molar-refractivity contribution in [2.45, 2.75) is 13.5 Å². The lowest BCUT2D eigenvalue weighted by Crippen LogP contribution is -2.01. The molecule has 2 aromatic carbocycles. The summed E-state index contributed by atoms with van der Waals surface area (Å²) in [6.07, 6.45) is 0. The summed E-state index contributed by atoms with van der Waals surface area (Å²) in [4.78, 5) is 0. The van der Waals surface area contributed by atoms with Gasteiger partial charge in [-0.15, -0.1) is 0 Å². The van der Waals surface area contributed by atoms with E-state index in [9.17, 15) is 4.39 Å². The fourth-order valence-electron chi connectivity index (χ4n) is 1.64. The maximum absolute atomic E-state index is 13.6. The van der Waals surface area contributed by atoms with Crippen LogP contribution in [0.5, 0.6) is 11.5 Å².